The Balaban J connectivity index is 1.97. The molecule has 0 unspecified atom stereocenters. The highest BCUT2D eigenvalue weighted by molar-refractivity contribution is 7.14. The average molecular weight is 279 g/mol. The summed E-state index contributed by atoms with van der Waals surface area (Å²) < 4.78 is 0. The minimum Gasteiger partial charge on any atom is -0.495 e. The smallest absolute Gasteiger partial charge is 0.188 e. The number of thiazole rings is 1. The Labute approximate surface area is 114 Å². The molecule has 1 saturated carbocycles. The van der Waals surface area contributed by atoms with Crippen molar-refractivity contribution >= 4 is 28.8 Å². The first kappa shape index (κ1) is 11.6. The van der Waals surface area contributed by atoms with E-state index in [2.05, 4.69) is 10.3 Å². The number of aromatic nitrogens is 1. The van der Waals surface area contributed by atoms with E-state index < -0.39 is 0 Å². The van der Waals surface area contributed by atoms with Gasteiger partial charge in [0.25, 0.3) is 0 Å². The standard InChI is InChI=1S/C13H11ClN2OS/c14-10-4-2-1-3-9(10)11-12(15-7-18-11)16-13(17)8-5-6-8/h1-4,7,16-17H,5-6H2. The molecular formula is C13H11ClN2OS. The van der Waals surface area contributed by atoms with Crippen LogP contribution in [0.4, 0.5) is 5.82 Å². The third kappa shape index (κ3) is 2.21. The van der Waals surface area contributed by atoms with Gasteiger partial charge < -0.3 is 10.4 Å². The lowest BCUT2D eigenvalue weighted by atomic mass is 10.2. The Morgan fingerprint density at radius 1 is 1.33 bits per heavy atom. The summed E-state index contributed by atoms with van der Waals surface area (Å²) in [5.74, 6) is 0.888. The van der Waals surface area contributed by atoms with E-state index in [0.29, 0.717) is 10.8 Å². The van der Waals surface area contributed by atoms with Gasteiger partial charge in [0.05, 0.1) is 10.4 Å². The van der Waals surface area contributed by atoms with Gasteiger partial charge in [-0.05, 0) is 24.5 Å². The van der Waals surface area contributed by atoms with Crippen LogP contribution in [-0.2, 0) is 0 Å². The van der Waals surface area contributed by atoms with E-state index in [1.54, 1.807) is 5.51 Å². The van der Waals surface area contributed by atoms with E-state index in [0.717, 1.165) is 28.9 Å². The summed E-state index contributed by atoms with van der Waals surface area (Å²) in [4.78, 5) is 5.18. The highest BCUT2D eigenvalue weighted by Crippen LogP contribution is 2.37. The van der Waals surface area contributed by atoms with Gasteiger partial charge in [0.15, 0.2) is 11.7 Å². The van der Waals surface area contributed by atoms with Crippen LogP contribution in [0.25, 0.3) is 10.4 Å². The number of hydrogen-bond acceptors (Lipinski definition) is 4. The van der Waals surface area contributed by atoms with Crippen molar-refractivity contribution in [3.63, 3.8) is 0 Å². The van der Waals surface area contributed by atoms with Crippen LogP contribution in [-0.4, -0.2) is 10.1 Å². The van der Waals surface area contributed by atoms with Crippen molar-refractivity contribution in [3.05, 3.63) is 46.3 Å². The van der Waals surface area contributed by atoms with Gasteiger partial charge in [-0.3, -0.25) is 0 Å². The monoisotopic (exact) mass is 278 g/mol. The summed E-state index contributed by atoms with van der Waals surface area (Å²) in [6.07, 6.45) is 1.93. The predicted molar refractivity (Wildman–Crippen MR) is 75.1 cm³/mol. The molecule has 3 rings (SSSR count). The van der Waals surface area contributed by atoms with Crippen molar-refractivity contribution in [1.82, 2.24) is 4.98 Å². The fraction of sp³-hybridized carbons (Fsp3) is 0.154. The first-order chi connectivity index (χ1) is 8.75. The number of aliphatic hydroxyl groups is 1. The summed E-state index contributed by atoms with van der Waals surface area (Å²) >= 11 is 7.67. The number of rotatable bonds is 3. The van der Waals surface area contributed by atoms with Crippen LogP contribution in [0.1, 0.15) is 12.8 Å². The summed E-state index contributed by atoms with van der Waals surface area (Å²) in [5, 5.41) is 13.4. The van der Waals surface area contributed by atoms with Gasteiger partial charge in [-0.1, -0.05) is 29.8 Å². The number of nitrogens with one attached hydrogen (secondary N) is 1. The topological polar surface area (TPSA) is 45.1 Å². The van der Waals surface area contributed by atoms with Gasteiger partial charge in [-0.25, -0.2) is 4.98 Å². The number of benzene rings is 1. The molecule has 1 aliphatic rings. The molecule has 0 saturated heterocycles. The second kappa shape index (κ2) is 4.63. The fourth-order valence-electron chi connectivity index (χ4n) is 1.67. The van der Waals surface area contributed by atoms with E-state index in [1.807, 2.05) is 24.3 Å². The Morgan fingerprint density at radius 3 is 2.83 bits per heavy atom. The lowest BCUT2D eigenvalue weighted by Crippen LogP contribution is -1.99. The van der Waals surface area contributed by atoms with Crippen LogP contribution in [0.5, 0.6) is 0 Å². The van der Waals surface area contributed by atoms with Crippen LogP contribution in [0.15, 0.2) is 41.2 Å². The van der Waals surface area contributed by atoms with E-state index in [4.69, 9.17) is 11.6 Å². The molecular weight excluding hydrogens is 268 g/mol. The molecule has 2 N–H and O–H groups in total. The van der Waals surface area contributed by atoms with Crippen LogP contribution in [0.2, 0.25) is 5.02 Å². The number of halogens is 1. The first-order valence-corrected chi connectivity index (χ1v) is 6.88. The molecule has 1 heterocycles. The Bertz CT molecular complexity index is 615. The van der Waals surface area contributed by atoms with Gasteiger partial charge >= 0.3 is 0 Å². The highest BCUT2D eigenvalue weighted by Gasteiger charge is 2.19. The van der Waals surface area contributed by atoms with Crippen molar-refractivity contribution < 1.29 is 5.11 Å². The van der Waals surface area contributed by atoms with E-state index in [1.165, 1.54) is 11.3 Å². The zero-order chi connectivity index (χ0) is 12.5. The number of anilines is 1. The Hall–Kier alpha value is -1.52. The molecule has 0 amide bonds. The second-order valence-corrected chi connectivity index (χ2v) is 5.35. The average Bonchev–Trinajstić information content (AvgIpc) is 3.12. The lowest BCUT2D eigenvalue weighted by Gasteiger charge is -2.06. The maximum absolute atomic E-state index is 9.80. The Kier molecular flexibility index (Phi) is 2.97. The molecule has 18 heavy (non-hydrogen) atoms. The van der Waals surface area contributed by atoms with Crippen LogP contribution < -0.4 is 5.32 Å². The van der Waals surface area contributed by atoms with Crippen LogP contribution >= 0.6 is 22.9 Å². The van der Waals surface area contributed by atoms with Crippen molar-refractivity contribution in [2.45, 2.75) is 12.8 Å². The van der Waals surface area contributed by atoms with Crippen molar-refractivity contribution in [3.8, 4) is 10.4 Å². The zero-order valence-electron chi connectivity index (χ0n) is 9.48. The normalized spacial score (nSPS) is 13.5. The zero-order valence-corrected chi connectivity index (χ0v) is 11.1. The minimum absolute atomic E-state index is 0.231. The predicted octanol–water partition coefficient (Wildman–Crippen LogP) is 4.44. The van der Waals surface area contributed by atoms with Gasteiger partial charge in [-0.15, -0.1) is 11.3 Å². The van der Waals surface area contributed by atoms with Crippen LogP contribution in [0.3, 0.4) is 0 Å². The van der Waals surface area contributed by atoms with Gasteiger partial charge in [0.2, 0.25) is 0 Å². The molecule has 0 radical (unpaired) electrons. The molecule has 2 aromatic rings. The van der Waals surface area contributed by atoms with Crippen LogP contribution in [0, 0.1) is 0 Å². The van der Waals surface area contributed by atoms with E-state index in [-0.39, 0.29) is 5.88 Å². The third-order valence-electron chi connectivity index (χ3n) is 2.76. The van der Waals surface area contributed by atoms with Crippen molar-refractivity contribution in [1.29, 1.82) is 0 Å². The summed E-state index contributed by atoms with van der Waals surface area (Å²) in [7, 11) is 0. The molecule has 1 aromatic heterocycles. The molecule has 0 atom stereocenters. The maximum atomic E-state index is 9.80. The van der Waals surface area contributed by atoms with Gasteiger partial charge in [0.1, 0.15) is 0 Å². The molecule has 5 heteroatoms. The highest BCUT2D eigenvalue weighted by atomic mass is 35.5. The summed E-state index contributed by atoms with van der Waals surface area (Å²) in [6, 6.07) is 7.62. The maximum Gasteiger partial charge on any atom is 0.188 e. The molecule has 0 bridgehead atoms. The molecule has 0 aliphatic heterocycles. The number of hydrogen-bond donors (Lipinski definition) is 2. The molecule has 1 aromatic carbocycles. The molecule has 0 spiro atoms. The fourth-order valence-corrected chi connectivity index (χ4v) is 2.74. The van der Waals surface area contributed by atoms with Crippen molar-refractivity contribution in [2.24, 2.45) is 0 Å². The van der Waals surface area contributed by atoms with Gasteiger partial charge in [0, 0.05) is 10.6 Å². The second-order valence-electron chi connectivity index (χ2n) is 4.09. The summed E-state index contributed by atoms with van der Waals surface area (Å²) in [6.45, 7) is 0. The SMILES string of the molecule is OC(Nc1ncsc1-c1ccccc1Cl)=C1CC1. The number of nitrogens with zero attached hydrogens (tertiary/aromatic N) is 1. The minimum atomic E-state index is 0.231. The molecule has 92 valence electrons. The largest absolute Gasteiger partial charge is 0.495 e. The quantitative estimate of drug-likeness (QED) is 0.816. The Morgan fingerprint density at radius 2 is 2.11 bits per heavy atom. The number of aliphatic hydroxyl groups excluding tert-OH is 1. The first-order valence-electron chi connectivity index (χ1n) is 5.62. The van der Waals surface area contributed by atoms with E-state index >= 15 is 0 Å². The summed E-state index contributed by atoms with van der Waals surface area (Å²) in [5.41, 5.74) is 3.72. The number of allylic oxidation sites excluding steroid dienone is 1. The van der Waals surface area contributed by atoms with Crippen molar-refractivity contribution in [2.75, 3.05) is 5.32 Å². The lowest BCUT2D eigenvalue weighted by molar-refractivity contribution is 0.416. The molecule has 1 fully saturated rings. The molecule has 3 nitrogen and oxygen atoms in total. The van der Waals surface area contributed by atoms with E-state index in [9.17, 15) is 5.11 Å². The third-order valence-corrected chi connectivity index (χ3v) is 3.95. The van der Waals surface area contributed by atoms with Gasteiger partial charge in [-0.2, -0.15) is 0 Å². The molecule has 1 aliphatic carbocycles.